The summed E-state index contributed by atoms with van der Waals surface area (Å²) in [4.78, 5) is 23.6. The maximum Gasteiger partial charge on any atom is 0.262 e. The van der Waals surface area contributed by atoms with E-state index in [1.165, 1.54) is 31.4 Å². The van der Waals surface area contributed by atoms with Crippen molar-refractivity contribution in [2.75, 3.05) is 19.0 Å². The Bertz CT molecular complexity index is 845. The van der Waals surface area contributed by atoms with E-state index < -0.39 is 5.82 Å². The second-order valence-electron chi connectivity index (χ2n) is 5.14. The lowest BCUT2D eigenvalue weighted by atomic mass is 10.1. The fourth-order valence-corrected chi connectivity index (χ4v) is 2.29. The molecule has 0 bridgehead atoms. The van der Waals surface area contributed by atoms with Gasteiger partial charge >= 0.3 is 0 Å². The first-order valence-electron chi connectivity index (χ1n) is 7.19. The van der Waals surface area contributed by atoms with Gasteiger partial charge in [-0.3, -0.25) is 9.59 Å². The third kappa shape index (κ3) is 3.27. The summed E-state index contributed by atoms with van der Waals surface area (Å²) in [5.41, 5.74) is 1.39. The van der Waals surface area contributed by atoms with E-state index in [1.807, 2.05) is 0 Å². The van der Waals surface area contributed by atoms with Gasteiger partial charge in [0.05, 0.1) is 12.8 Å². The van der Waals surface area contributed by atoms with Crippen molar-refractivity contribution in [2.24, 2.45) is 0 Å². The number of hydrogen-bond donors (Lipinski definition) is 1. The Hall–Kier alpha value is -3.15. The normalized spacial score (nSPS) is 13.2. The molecule has 1 N–H and O–H groups in total. The summed E-state index contributed by atoms with van der Waals surface area (Å²) in [6, 6.07) is 9.20. The van der Waals surface area contributed by atoms with Gasteiger partial charge in [0.2, 0.25) is 0 Å². The zero-order chi connectivity index (χ0) is 17.1. The van der Waals surface area contributed by atoms with Gasteiger partial charge < -0.3 is 14.8 Å². The number of fused-ring (bicyclic) bond motifs is 1. The Balaban J connectivity index is 1.78. The van der Waals surface area contributed by atoms with Crippen molar-refractivity contribution >= 4 is 23.5 Å². The number of ether oxygens (including phenoxy) is 2. The zero-order valence-corrected chi connectivity index (χ0v) is 12.8. The fourth-order valence-electron chi connectivity index (χ4n) is 2.29. The van der Waals surface area contributed by atoms with Gasteiger partial charge in [0.1, 0.15) is 5.75 Å². The molecule has 0 unspecified atom stereocenters. The van der Waals surface area contributed by atoms with Gasteiger partial charge in [-0.15, -0.1) is 0 Å². The second-order valence-corrected chi connectivity index (χ2v) is 5.14. The number of hydrogen-bond acceptors (Lipinski definition) is 4. The van der Waals surface area contributed by atoms with Crippen LogP contribution in [0, 0.1) is 5.82 Å². The molecule has 24 heavy (non-hydrogen) atoms. The van der Waals surface area contributed by atoms with Crippen molar-refractivity contribution in [1.82, 2.24) is 0 Å². The summed E-state index contributed by atoms with van der Waals surface area (Å²) < 4.78 is 23.7. The van der Waals surface area contributed by atoms with E-state index in [1.54, 1.807) is 24.3 Å². The van der Waals surface area contributed by atoms with Crippen LogP contribution in [0.3, 0.4) is 0 Å². The van der Waals surface area contributed by atoms with Crippen LogP contribution < -0.4 is 14.8 Å². The van der Waals surface area contributed by atoms with Crippen molar-refractivity contribution in [2.45, 2.75) is 0 Å². The number of methoxy groups -OCH3 is 1. The first-order chi connectivity index (χ1) is 11.6. The second kappa shape index (κ2) is 6.54. The Morgan fingerprint density at radius 1 is 1.29 bits per heavy atom. The minimum absolute atomic E-state index is 0.0385. The zero-order valence-electron chi connectivity index (χ0n) is 12.8. The maximum absolute atomic E-state index is 13.6. The van der Waals surface area contributed by atoms with Crippen LogP contribution in [0.5, 0.6) is 11.5 Å². The van der Waals surface area contributed by atoms with Crippen LogP contribution >= 0.6 is 0 Å². The summed E-state index contributed by atoms with van der Waals surface area (Å²) in [7, 11) is 1.38. The predicted octanol–water partition coefficient (Wildman–Crippen LogP) is 3.06. The van der Waals surface area contributed by atoms with Crippen LogP contribution in [-0.2, 0) is 4.79 Å². The first-order valence-corrected chi connectivity index (χ1v) is 7.19. The summed E-state index contributed by atoms with van der Waals surface area (Å²) in [6.07, 6.45) is 2.86. The summed E-state index contributed by atoms with van der Waals surface area (Å²) in [5.74, 6) is -0.373. The molecule has 2 aromatic carbocycles. The third-order valence-electron chi connectivity index (χ3n) is 3.50. The topological polar surface area (TPSA) is 64.6 Å². The van der Waals surface area contributed by atoms with E-state index in [0.29, 0.717) is 22.6 Å². The van der Waals surface area contributed by atoms with Crippen LogP contribution in [0.1, 0.15) is 15.9 Å². The van der Waals surface area contributed by atoms with Crippen molar-refractivity contribution in [3.8, 4) is 11.5 Å². The molecule has 0 saturated heterocycles. The van der Waals surface area contributed by atoms with Gasteiger partial charge in [0.15, 0.2) is 24.0 Å². The number of carbonyl (C=O) groups excluding carboxylic acids is 2. The Kier molecular flexibility index (Phi) is 4.29. The number of nitrogens with one attached hydrogen (secondary N) is 1. The highest BCUT2D eigenvalue weighted by Gasteiger charge is 2.17. The van der Waals surface area contributed by atoms with Crippen molar-refractivity contribution in [1.29, 1.82) is 0 Å². The molecule has 1 amide bonds. The predicted molar refractivity (Wildman–Crippen MR) is 86.9 cm³/mol. The van der Waals surface area contributed by atoms with Crippen LogP contribution in [0.4, 0.5) is 10.1 Å². The van der Waals surface area contributed by atoms with E-state index >= 15 is 0 Å². The van der Waals surface area contributed by atoms with Gasteiger partial charge in [-0.05, 0) is 42.0 Å². The molecule has 1 aliphatic heterocycles. The number of carbonyl (C=O) groups is 2. The van der Waals surface area contributed by atoms with E-state index in [0.717, 1.165) is 0 Å². The third-order valence-corrected chi connectivity index (χ3v) is 3.50. The molecule has 0 spiro atoms. The van der Waals surface area contributed by atoms with E-state index in [2.05, 4.69) is 5.32 Å². The first kappa shape index (κ1) is 15.7. The molecule has 0 aromatic heterocycles. The summed E-state index contributed by atoms with van der Waals surface area (Å²) in [5, 5.41) is 2.65. The highest BCUT2D eigenvalue weighted by Crippen LogP contribution is 2.28. The van der Waals surface area contributed by atoms with E-state index in [-0.39, 0.29) is 24.0 Å². The molecule has 0 radical (unpaired) electrons. The van der Waals surface area contributed by atoms with Crippen molar-refractivity contribution in [3.05, 3.63) is 59.4 Å². The molecule has 122 valence electrons. The van der Waals surface area contributed by atoms with Crippen LogP contribution in [0.25, 0.3) is 6.08 Å². The van der Waals surface area contributed by atoms with Crippen molar-refractivity contribution in [3.63, 3.8) is 0 Å². The average Bonchev–Trinajstić information content (AvgIpc) is 2.59. The molecule has 0 saturated carbocycles. The van der Waals surface area contributed by atoms with Gasteiger partial charge in [-0.2, -0.15) is 0 Å². The number of rotatable bonds is 4. The molecular weight excluding hydrogens is 313 g/mol. The minimum Gasteiger partial charge on any atom is -0.494 e. The largest absolute Gasteiger partial charge is 0.494 e. The molecule has 5 nitrogen and oxygen atoms in total. The summed E-state index contributed by atoms with van der Waals surface area (Å²) in [6.45, 7) is -0.0385. The number of amides is 1. The van der Waals surface area contributed by atoms with Crippen LogP contribution in [0.15, 0.2) is 42.5 Å². The van der Waals surface area contributed by atoms with Gasteiger partial charge in [-0.1, -0.05) is 12.1 Å². The summed E-state index contributed by atoms with van der Waals surface area (Å²) >= 11 is 0. The number of ketones is 1. The van der Waals surface area contributed by atoms with Crippen LogP contribution in [-0.4, -0.2) is 25.4 Å². The molecule has 0 atom stereocenters. The number of allylic oxidation sites excluding steroid dienone is 1. The number of halogens is 1. The smallest absolute Gasteiger partial charge is 0.262 e. The molecule has 2 aromatic rings. The average molecular weight is 327 g/mol. The van der Waals surface area contributed by atoms with Gasteiger partial charge in [-0.25, -0.2) is 4.39 Å². The van der Waals surface area contributed by atoms with Gasteiger partial charge in [0, 0.05) is 5.56 Å². The lowest BCUT2D eigenvalue weighted by Crippen LogP contribution is -2.25. The highest BCUT2D eigenvalue weighted by atomic mass is 19.1. The van der Waals surface area contributed by atoms with E-state index in [4.69, 9.17) is 9.47 Å². The Morgan fingerprint density at radius 3 is 2.88 bits per heavy atom. The Morgan fingerprint density at radius 2 is 2.12 bits per heavy atom. The van der Waals surface area contributed by atoms with Crippen molar-refractivity contribution < 1.29 is 23.5 Å². The molecule has 1 aliphatic rings. The molecule has 1 heterocycles. The SMILES string of the molecule is COc1ccc(C=CC(=O)c2ccc3c(c2)NC(=O)CO3)cc1F. The number of benzene rings is 2. The molecule has 6 heteroatoms. The highest BCUT2D eigenvalue weighted by molar-refractivity contribution is 6.08. The lowest BCUT2D eigenvalue weighted by molar-refractivity contribution is -0.118. The molecule has 0 aliphatic carbocycles. The molecular formula is C18H14FNO4. The van der Waals surface area contributed by atoms with E-state index in [9.17, 15) is 14.0 Å². The van der Waals surface area contributed by atoms with Gasteiger partial charge in [0.25, 0.3) is 5.91 Å². The number of anilines is 1. The molecule has 3 rings (SSSR count). The lowest BCUT2D eigenvalue weighted by Gasteiger charge is -2.17. The quantitative estimate of drug-likeness (QED) is 0.692. The fraction of sp³-hybridized carbons (Fsp3) is 0.111. The Labute approximate surface area is 137 Å². The van der Waals surface area contributed by atoms with Crippen LogP contribution in [0.2, 0.25) is 0 Å². The minimum atomic E-state index is -0.499. The monoisotopic (exact) mass is 327 g/mol. The maximum atomic E-state index is 13.6. The molecule has 0 fully saturated rings. The standard InChI is InChI=1S/C18H14FNO4/c1-23-16-6-3-11(8-13(16)19)2-5-15(21)12-4-7-17-14(9-12)20-18(22)10-24-17/h2-9H,10H2,1H3,(H,20,22).